The van der Waals surface area contributed by atoms with Gasteiger partial charge in [-0.3, -0.25) is 4.79 Å². The van der Waals surface area contributed by atoms with Gasteiger partial charge in [-0.15, -0.1) is 0 Å². The van der Waals surface area contributed by atoms with Gasteiger partial charge in [0, 0.05) is 5.56 Å². The zero-order valence-corrected chi connectivity index (χ0v) is 10.6. The molecule has 2 N–H and O–H groups in total. The van der Waals surface area contributed by atoms with Gasteiger partial charge in [-0.05, 0) is 40.5 Å². The van der Waals surface area contributed by atoms with E-state index in [4.69, 9.17) is 5.11 Å². The summed E-state index contributed by atoms with van der Waals surface area (Å²) in [5, 5.41) is 11.1. The molecule has 1 amide bonds. The lowest BCUT2D eigenvalue weighted by atomic mass is 10.1. The molecule has 0 aromatic heterocycles. The molecule has 0 fully saturated rings. The summed E-state index contributed by atoms with van der Waals surface area (Å²) < 4.78 is 13.4. The molecule has 1 unspecified atom stereocenters. The first-order valence-corrected chi connectivity index (χ1v) is 5.73. The van der Waals surface area contributed by atoms with E-state index in [1.54, 1.807) is 6.92 Å². The molecule has 0 aliphatic rings. The Bertz CT molecular complexity index is 450. The van der Waals surface area contributed by atoms with Crippen LogP contribution in [0.25, 0.3) is 0 Å². The van der Waals surface area contributed by atoms with Crippen molar-refractivity contribution in [2.45, 2.75) is 19.4 Å². The Labute approximate surface area is 106 Å². The second-order valence-electron chi connectivity index (χ2n) is 3.40. The van der Waals surface area contributed by atoms with Crippen LogP contribution in [-0.4, -0.2) is 23.0 Å². The molecular formula is C11H11BrFNO3. The maximum atomic E-state index is 13.2. The Kier molecular flexibility index (Phi) is 4.62. The molecule has 0 spiro atoms. The summed E-state index contributed by atoms with van der Waals surface area (Å²) in [5.74, 6) is -2.29. The largest absolute Gasteiger partial charge is 0.480 e. The van der Waals surface area contributed by atoms with Crippen LogP contribution in [0.15, 0.2) is 22.7 Å². The molecule has 0 saturated heterocycles. The number of aliphatic carboxylic acids is 1. The smallest absolute Gasteiger partial charge is 0.326 e. The minimum atomic E-state index is -1.11. The molecule has 4 nitrogen and oxygen atoms in total. The van der Waals surface area contributed by atoms with E-state index in [2.05, 4.69) is 21.2 Å². The van der Waals surface area contributed by atoms with Crippen LogP contribution in [0.1, 0.15) is 23.7 Å². The van der Waals surface area contributed by atoms with Gasteiger partial charge in [-0.25, -0.2) is 9.18 Å². The average Bonchev–Trinajstić information content (AvgIpc) is 2.28. The second kappa shape index (κ2) is 5.77. The fourth-order valence-electron chi connectivity index (χ4n) is 1.22. The van der Waals surface area contributed by atoms with Crippen molar-refractivity contribution in [3.8, 4) is 0 Å². The Hall–Kier alpha value is -1.43. The number of hydrogen-bond acceptors (Lipinski definition) is 2. The van der Waals surface area contributed by atoms with Crippen molar-refractivity contribution in [1.29, 1.82) is 0 Å². The highest BCUT2D eigenvalue weighted by atomic mass is 79.9. The first kappa shape index (κ1) is 13.6. The van der Waals surface area contributed by atoms with E-state index in [1.807, 2.05) is 0 Å². The molecule has 1 aromatic carbocycles. The Morgan fingerprint density at radius 2 is 2.18 bits per heavy atom. The predicted octanol–water partition coefficient (Wildman–Crippen LogP) is 2.18. The third-order valence-electron chi connectivity index (χ3n) is 2.19. The minimum Gasteiger partial charge on any atom is -0.480 e. The van der Waals surface area contributed by atoms with Crippen LogP contribution in [-0.2, 0) is 4.79 Å². The van der Waals surface area contributed by atoms with Crippen molar-refractivity contribution in [3.63, 3.8) is 0 Å². The van der Waals surface area contributed by atoms with Crippen LogP contribution >= 0.6 is 15.9 Å². The molecule has 1 rings (SSSR count). The Morgan fingerprint density at radius 1 is 1.53 bits per heavy atom. The van der Waals surface area contributed by atoms with Gasteiger partial charge in [0.1, 0.15) is 11.9 Å². The van der Waals surface area contributed by atoms with Gasteiger partial charge in [0.25, 0.3) is 5.91 Å². The van der Waals surface area contributed by atoms with Gasteiger partial charge in [-0.2, -0.15) is 0 Å². The fraction of sp³-hybridized carbons (Fsp3) is 0.273. The van der Waals surface area contributed by atoms with E-state index in [-0.39, 0.29) is 16.5 Å². The van der Waals surface area contributed by atoms with Crippen LogP contribution in [0.4, 0.5) is 4.39 Å². The van der Waals surface area contributed by atoms with Crippen LogP contribution in [0.2, 0.25) is 0 Å². The first-order chi connectivity index (χ1) is 7.95. The number of amides is 1. The molecule has 6 heteroatoms. The molecule has 92 valence electrons. The van der Waals surface area contributed by atoms with Crippen LogP contribution < -0.4 is 5.32 Å². The van der Waals surface area contributed by atoms with E-state index in [0.717, 1.165) is 6.07 Å². The van der Waals surface area contributed by atoms with Crippen LogP contribution in [0, 0.1) is 5.82 Å². The monoisotopic (exact) mass is 303 g/mol. The van der Waals surface area contributed by atoms with E-state index < -0.39 is 23.7 Å². The van der Waals surface area contributed by atoms with Gasteiger partial charge in [0.2, 0.25) is 0 Å². The summed E-state index contributed by atoms with van der Waals surface area (Å²) in [7, 11) is 0. The third kappa shape index (κ3) is 3.52. The topological polar surface area (TPSA) is 66.4 Å². The predicted molar refractivity (Wildman–Crippen MR) is 63.3 cm³/mol. The lowest BCUT2D eigenvalue weighted by Crippen LogP contribution is -2.40. The highest BCUT2D eigenvalue weighted by Crippen LogP contribution is 2.16. The SMILES string of the molecule is CCC(NC(=O)c1ccc(Br)c(F)c1)C(=O)O. The highest BCUT2D eigenvalue weighted by molar-refractivity contribution is 9.10. The summed E-state index contributed by atoms with van der Waals surface area (Å²) in [6, 6.07) is 2.89. The van der Waals surface area contributed by atoms with Crippen molar-refractivity contribution >= 4 is 27.8 Å². The third-order valence-corrected chi connectivity index (χ3v) is 2.84. The summed E-state index contributed by atoms with van der Waals surface area (Å²) in [4.78, 5) is 22.3. The number of rotatable bonds is 4. The molecule has 0 radical (unpaired) electrons. The lowest BCUT2D eigenvalue weighted by Gasteiger charge is -2.12. The van der Waals surface area contributed by atoms with E-state index in [1.165, 1.54) is 12.1 Å². The Balaban J connectivity index is 2.82. The van der Waals surface area contributed by atoms with E-state index in [0.29, 0.717) is 0 Å². The molecule has 1 aromatic rings. The lowest BCUT2D eigenvalue weighted by molar-refractivity contribution is -0.139. The summed E-state index contributed by atoms with van der Waals surface area (Å²) in [6.45, 7) is 1.64. The summed E-state index contributed by atoms with van der Waals surface area (Å²) in [6.07, 6.45) is 0.264. The number of benzene rings is 1. The maximum absolute atomic E-state index is 13.2. The first-order valence-electron chi connectivity index (χ1n) is 4.94. The number of carbonyl (C=O) groups is 2. The highest BCUT2D eigenvalue weighted by Gasteiger charge is 2.18. The standard InChI is InChI=1S/C11H11BrFNO3/c1-2-9(11(16)17)14-10(15)6-3-4-7(12)8(13)5-6/h3-5,9H,2H2,1H3,(H,14,15)(H,16,17). The van der Waals surface area contributed by atoms with Crippen molar-refractivity contribution in [2.24, 2.45) is 0 Å². The maximum Gasteiger partial charge on any atom is 0.326 e. The van der Waals surface area contributed by atoms with E-state index in [9.17, 15) is 14.0 Å². The zero-order valence-electron chi connectivity index (χ0n) is 9.04. The number of halogens is 2. The minimum absolute atomic E-state index is 0.0883. The molecule has 0 heterocycles. The molecule has 1 atom stereocenters. The molecular weight excluding hydrogens is 293 g/mol. The van der Waals surface area contributed by atoms with Gasteiger partial charge >= 0.3 is 5.97 Å². The van der Waals surface area contributed by atoms with Crippen molar-refractivity contribution in [3.05, 3.63) is 34.1 Å². The quantitative estimate of drug-likeness (QED) is 0.896. The van der Waals surface area contributed by atoms with Crippen LogP contribution in [0.3, 0.4) is 0 Å². The summed E-state index contributed by atoms with van der Waals surface area (Å²) in [5.41, 5.74) is 0.0883. The molecule has 0 bridgehead atoms. The number of hydrogen-bond donors (Lipinski definition) is 2. The van der Waals surface area contributed by atoms with Gasteiger partial charge in [0.15, 0.2) is 0 Å². The molecule has 0 aliphatic heterocycles. The number of carboxylic acid groups (broad SMARTS) is 1. The van der Waals surface area contributed by atoms with E-state index >= 15 is 0 Å². The Morgan fingerprint density at radius 3 is 2.65 bits per heavy atom. The molecule has 17 heavy (non-hydrogen) atoms. The second-order valence-corrected chi connectivity index (χ2v) is 4.26. The van der Waals surface area contributed by atoms with Crippen molar-refractivity contribution in [2.75, 3.05) is 0 Å². The van der Waals surface area contributed by atoms with Gasteiger partial charge < -0.3 is 10.4 Å². The fourth-order valence-corrected chi connectivity index (χ4v) is 1.46. The number of nitrogens with one attached hydrogen (secondary N) is 1. The summed E-state index contributed by atoms with van der Waals surface area (Å²) >= 11 is 2.97. The van der Waals surface area contributed by atoms with Gasteiger partial charge in [0.05, 0.1) is 4.47 Å². The number of carboxylic acids is 1. The average molecular weight is 304 g/mol. The number of carbonyl (C=O) groups excluding carboxylic acids is 1. The normalized spacial score (nSPS) is 11.9. The van der Waals surface area contributed by atoms with Gasteiger partial charge in [-0.1, -0.05) is 6.92 Å². The molecule has 0 aliphatic carbocycles. The van der Waals surface area contributed by atoms with Crippen LogP contribution in [0.5, 0.6) is 0 Å². The zero-order chi connectivity index (χ0) is 13.0. The van der Waals surface area contributed by atoms with Crippen molar-refractivity contribution < 1.29 is 19.1 Å². The molecule has 0 saturated carbocycles. The van der Waals surface area contributed by atoms with Crippen molar-refractivity contribution in [1.82, 2.24) is 5.32 Å².